The number of ether oxygens (including phenoxy) is 1. The van der Waals surface area contributed by atoms with Gasteiger partial charge in [0.15, 0.2) is 0 Å². The first-order valence-electron chi connectivity index (χ1n) is 10.4. The Morgan fingerprint density at radius 1 is 1.10 bits per heavy atom. The number of aromatic nitrogens is 1. The molecule has 1 aromatic carbocycles. The summed E-state index contributed by atoms with van der Waals surface area (Å²) in [6.07, 6.45) is 3.20. The van der Waals surface area contributed by atoms with Crippen molar-refractivity contribution in [3.63, 3.8) is 0 Å². The van der Waals surface area contributed by atoms with Gasteiger partial charge in [0.2, 0.25) is 5.91 Å². The molecule has 1 saturated heterocycles. The Labute approximate surface area is 175 Å². The Kier molecular flexibility index (Phi) is 5.85. The molecule has 2 aromatic rings. The smallest absolute Gasteiger partial charge is 0.265 e. The van der Waals surface area contributed by atoms with Gasteiger partial charge in [-0.15, -0.1) is 11.3 Å². The van der Waals surface area contributed by atoms with Crippen molar-refractivity contribution >= 4 is 23.2 Å². The third-order valence-corrected chi connectivity index (χ3v) is 6.93. The lowest BCUT2D eigenvalue weighted by molar-refractivity contribution is -0.139. The molecular weight excluding hydrogens is 386 g/mol. The molecule has 1 aliphatic heterocycles. The average molecular weight is 414 g/mol. The van der Waals surface area contributed by atoms with Crippen LogP contribution in [0.5, 0.6) is 5.75 Å². The number of carbonyl (C=O) groups excluding carboxylic acids is 2. The Balaban J connectivity index is 1.41. The van der Waals surface area contributed by atoms with Gasteiger partial charge in [-0.1, -0.05) is 6.42 Å². The summed E-state index contributed by atoms with van der Waals surface area (Å²) in [5, 5.41) is 0.840. The molecule has 0 atom stereocenters. The van der Waals surface area contributed by atoms with E-state index in [4.69, 9.17) is 4.74 Å². The number of amides is 2. The van der Waals surface area contributed by atoms with Crippen LogP contribution in [-0.4, -0.2) is 59.4 Å². The molecule has 0 N–H and O–H groups in total. The molecule has 0 bridgehead atoms. The molecule has 6 nitrogen and oxygen atoms in total. The third-order valence-electron chi connectivity index (χ3n) is 5.74. The van der Waals surface area contributed by atoms with Crippen LogP contribution in [0.2, 0.25) is 0 Å². The van der Waals surface area contributed by atoms with Crippen molar-refractivity contribution < 1.29 is 14.3 Å². The van der Waals surface area contributed by atoms with Crippen LogP contribution in [0.4, 0.5) is 0 Å². The van der Waals surface area contributed by atoms with E-state index in [2.05, 4.69) is 4.98 Å². The van der Waals surface area contributed by atoms with E-state index < -0.39 is 0 Å². The van der Waals surface area contributed by atoms with Crippen molar-refractivity contribution in [2.24, 2.45) is 5.92 Å². The van der Waals surface area contributed by atoms with Gasteiger partial charge in [0, 0.05) is 37.7 Å². The van der Waals surface area contributed by atoms with E-state index in [0.717, 1.165) is 41.3 Å². The molecule has 154 valence electrons. The molecule has 2 fully saturated rings. The zero-order chi connectivity index (χ0) is 20.4. The minimum Gasteiger partial charge on any atom is -0.494 e. The third kappa shape index (κ3) is 4.15. The highest BCUT2D eigenvalue weighted by Gasteiger charge is 2.32. The summed E-state index contributed by atoms with van der Waals surface area (Å²) in [6, 6.07) is 7.80. The van der Waals surface area contributed by atoms with Gasteiger partial charge in [0.1, 0.15) is 15.6 Å². The van der Waals surface area contributed by atoms with E-state index in [0.29, 0.717) is 37.7 Å². The predicted octanol–water partition coefficient (Wildman–Crippen LogP) is 3.60. The maximum atomic E-state index is 13.1. The zero-order valence-corrected chi connectivity index (χ0v) is 17.8. The Morgan fingerprint density at radius 2 is 1.76 bits per heavy atom. The van der Waals surface area contributed by atoms with Gasteiger partial charge >= 0.3 is 0 Å². The zero-order valence-electron chi connectivity index (χ0n) is 17.0. The second-order valence-corrected chi connectivity index (χ2v) is 8.64. The number of hydrogen-bond acceptors (Lipinski definition) is 5. The monoisotopic (exact) mass is 413 g/mol. The van der Waals surface area contributed by atoms with Crippen LogP contribution in [0.25, 0.3) is 10.6 Å². The highest BCUT2D eigenvalue weighted by Crippen LogP contribution is 2.31. The number of rotatable bonds is 5. The lowest BCUT2D eigenvalue weighted by Gasteiger charge is -2.38. The van der Waals surface area contributed by atoms with E-state index in [-0.39, 0.29) is 17.7 Å². The highest BCUT2D eigenvalue weighted by atomic mass is 32.1. The van der Waals surface area contributed by atoms with E-state index in [9.17, 15) is 9.59 Å². The van der Waals surface area contributed by atoms with E-state index in [1.54, 1.807) is 0 Å². The number of benzene rings is 1. The lowest BCUT2D eigenvalue weighted by Crippen LogP contribution is -2.52. The van der Waals surface area contributed by atoms with Crippen molar-refractivity contribution in [1.29, 1.82) is 0 Å². The van der Waals surface area contributed by atoms with Crippen LogP contribution in [0.1, 0.15) is 41.6 Å². The van der Waals surface area contributed by atoms with Crippen LogP contribution in [0.15, 0.2) is 24.3 Å². The number of carbonyl (C=O) groups is 2. The van der Waals surface area contributed by atoms with Gasteiger partial charge in [0.05, 0.1) is 12.3 Å². The molecule has 2 heterocycles. The van der Waals surface area contributed by atoms with Crippen molar-refractivity contribution in [2.45, 2.75) is 33.1 Å². The molecule has 0 radical (unpaired) electrons. The summed E-state index contributed by atoms with van der Waals surface area (Å²) in [5.74, 6) is 1.34. The largest absolute Gasteiger partial charge is 0.494 e. The van der Waals surface area contributed by atoms with Gasteiger partial charge in [-0.3, -0.25) is 9.59 Å². The minimum absolute atomic E-state index is 0.0212. The first-order chi connectivity index (χ1) is 14.1. The number of thiazole rings is 1. The predicted molar refractivity (Wildman–Crippen MR) is 113 cm³/mol. The summed E-state index contributed by atoms with van der Waals surface area (Å²) in [6.45, 7) is 6.92. The van der Waals surface area contributed by atoms with Crippen molar-refractivity contribution in [3.05, 3.63) is 34.8 Å². The van der Waals surface area contributed by atoms with Crippen LogP contribution >= 0.6 is 11.3 Å². The van der Waals surface area contributed by atoms with Crippen molar-refractivity contribution in [1.82, 2.24) is 14.8 Å². The van der Waals surface area contributed by atoms with Gasteiger partial charge in [0.25, 0.3) is 5.91 Å². The average Bonchev–Trinajstić information content (AvgIpc) is 3.08. The van der Waals surface area contributed by atoms with E-state index in [1.165, 1.54) is 11.3 Å². The second-order valence-electron chi connectivity index (χ2n) is 7.64. The Bertz CT molecular complexity index is 881. The standard InChI is InChI=1S/C22H27N3O3S/c1-3-28-18-9-7-16(8-10-18)20-23-15(2)19(29-20)22(27)25-13-11-24(12-14-25)21(26)17-5-4-6-17/h7-10,17H,3-6,11-14H2,1-2H3. The van der Waals surface area contributed by atoms with Crippen molar-refractivity contribution in [3.8, 4) is 16.3 Å². The summed E-state index contributed by atoms with van der Waals surface area (Å²) >= 11 is 1.43. The summed E-state index contributed by atoms with van der Waals surface area (Å²) < 4.78 is 5.49. The number of hydrogen-bond donors (Lipinski definition) is 0. The fourth-order valence-electron chi connectivity index (χ4n) is 3.77. The molecule has 1 aromatic heterocycles. The molecule has 0 spiro atoms. The molecule has 2 aliphatic rings. The fourth-order valence-corrected chi connectivity index (χ4v) is 4.81. The summed E-state index contributed by atoms with van der Waals surface area (Å²) in [4.78, 5) is 34.6. The SMILES string of the molecule is CCOc1ccc(-c2nc(C)c(C(=O)N3CCN(C(=O)C4CCC4)CC3)s2)cc1. The molecule has 1 saturated carbocycles. The van der Waals surface area contributed by atoms with E-state index >= 15 is 0 Å². The maximum Gasteiger partial charge on any atom is 0.265 e. The van der Waals surface area contributed by atoms with Gasteiger partial charge in [-0.2, -0.15) is 0 Å². The van der Waals surface area contributed by atoms with Crippen molar-refractivity contribution in [2.75, 3.05) is 32.8 Å². The number of aryl methyl sites for hydroxylation is 1. The molecule has 2 amide bonds. The van der Waals surface area contributed by atoms with Gasteiger partial charge in [-0.05, 0) is 51.0 Å². The van der Waals surface area contributed by atoms with Crippen LogP contribution in [-0.2, 0) is 4.79 Å². The Morgan fingerprint density at radius 3 is 2.34 bits per heavy atom. The number of nitrogens with zero attached hydrogens (tertiary/aromatic N) is 3. The summed E-state index contributed by atoms with van der Waals surface area (Å²) in [7, 11) is 0. The summed E-state index contributed by atoms with van der Waals surface area (Å²) in [5.41, 5.74) is 1.74. The Hall–Kier alpha value is -2.41. The quantitative estimate of drug-likeness (QED) is 0.751. The fraction of sp³-hybridized carbons (Fsp3) is 0.500. The number of piperazine rings is 1. The highest BCUT2D eigenvalue weighted by molar-refractivity contribution is 7.17. The molecule has 29 heavy (non-hydrogen) atoms. The van der Waals surface area contributed by atoms with Crippen LogP contribution < -0.4 is 4.74 Å². The maximum absolute atomic E-state index is 13.1. The van der Waals surface area contributed by atoms with Crippen LogP contribution in [0, 0.1) is 12.8 Å². The van der Waals surface area contributed by atoms with Gasteiger partial charge < -0.3 is 14.5 Å². The normalized spacial score (nSPS) is 17.2. The first-order valence-corrected chi connectivity index (χ1v) is 11.2. The lowest BCUT2D eigenvalue weighted by atomic mass is 9.84. The first kappa shape index (κ1) is 19.9. The topological polar surface area (TPSA) is 62.7 Å². The molecule has 0 unspecified atom stereocenters. The second kappa shape index (κ2) is 8.53. The van der Waals surface area contributed by atoms with Gasteiger partial charge in [-0.25, -0.2) is 4.98 Å². The van der Waals surface area contributed by atoms with Crippen LogP contribution in [0.3, 0.4) is 0 Å². The molecule has 4 rings (SSSR count). The molecular formula is C22H27N3O3S. The minimum atomic E-state index is 0.0212. The molecule has 7 heteroatoms. The molecule has 1 aliphatic carbocycles. The van der Waals surface area contributed by atoms with E-state index in [1.807, 2.05) is 47.9 Å².